The molecule has 0 spiro atoms. The van der Waals surface area contributed by atoms with E-state index in [1.54, 1.807) is 0 Å². The van der Waals surface area contributed by atoms with Gasteiger partial charge in [-0.15, -0.1) is 0 Å². The first kappa shape index (κ1) is 10.2. The lowest BCUT2D eigenvalue weighted by Crippen LogP contribution is -2.39. The quantitative estimate of drug-likeness (QED) is 0.798. The summed E-state index contributed by atoms with van der Waals surface area (Å²) in [6.07, 6.45) is 3.02. The molecule has 78 valence electrons. The van der Waals surface area contributed by atoms with Gasteiger partial charge in [-0.05, 0) is 25.3 Å². The van der Waals surface area contributed by atoms with Crippen molar-refractivity contribution in [3.63, 3.8) is 0 Å². The highest BCUT2D eigenvalue weighted by molar-refractivity contribution is 5.28. The first-order valence-corrected chi connectivity index (χ1v) is 5.41. The number of benzene rings is 1. The van der Waals surface area contributed by atoms with Crippen LogP contribution in [0, 0.1) is 23.7 Å². The minimum atomic E-state index is -0.296. The Morgan fingerprint density at radius 3 is 2.33 bits per heavy atom. The highest BCUT2D eigenvalue weighted by Gasteiger charge is 2.43. The van der Waals surface area contributed by atoms with E-state index in [1.807, 2.05) is 12.1 Å². The number of hydrogen-bond acceptors (Lipinski definition) is 2. The Hall–Kier alpha value is -1.33. The standard InChI is InChI=1S/C13H16N2/c1-10-3-5-11(6-4-10)12(15)13(9-14)7-2-8-13/h3-6,12H,2,7-8,15H2,1H3. The second kappa shape index (κ2) is 3.67. The fourth-order valence-corrected chi connectivity index (χ4v) is 2.14. The molecule has 0 aliphatic heterocycles. The summed E-state index contributed by atoms with van der Waals surface area (Å²) in [5.41, 5.74) is 8.19. The Balaban J connectivity index is 2.24. The Morgan fingerprint density at radius 1 is 1.33 bits per heavy atom. The zero-order valence-electron chi connectivity index (χ0n) is 9.03. The fourth-order valence-electron chi connectivity index (χ4n) is 2.14. The van der Waals surface area contributed by atoms with Crippen LogP contribution in [-0.2, 0) is 0 Å². The number of nitriles is 1. The second-order valence-corrected chi connectivity index (χ2v) is 4.51. The van der Waals surface area contributed by atoms with Crippen molar-refractivity contribution < 1.29 is 0 Å². The van der Waals surface area contributed by atoms with Crippen LogP contribution < -0.4 is 5.73 Å². The summed E-state index contributed by atoms with van der Waals surface area (Å²) in [4.78, 5) is 0. The van der Waals surface area contributed by atoms with E-state index in [-0.39, 0.29) is 11.5 Å². The van der Waals surface area contributed by atoms with Crippen molar-refractivity contribution in [3.8, 4) is 6.07 Å². The summed E-state index contributed by atoms with van der Waals surface area (Å²) in [5.74, 6) is 0. The van der Waals surface area contributed by atoms with Crippen molar-refractivity contribution >= 4 is 0 Å². The average molecular weight is 200 g/mol. The lowest BCUT2D eigenvalue weighted by Gasteiger charge is -2.40. The number of rotatable bonds is 2. The molecule has 2 nitrogen and oxygen atoms in total. The Kier molecular flexibility index (Phi) is 2.50. The van der Waals surface area contributed by atoms with Gasteiger partial charge < -0.3 is 5.73 Å². The zero-order chi connectivity index (χ0) is 10.9. The summed E-state index contributed by atoms with van der Waals surface area (Å²) in [5, 5.41) is 9.19. The predicted octanol–water partition coefficient (Wildman–Crippen LogP) is 2.69. The van der Waals surface area contributed by atoms with Crippen molar-refractivity contribution in [3.05, 3.63) is 35.4 Å². The predicted molar refractivity (Wildman–Crippen MR) is 60.0 cm³/mol. The average Bonchev–Trinajstić information content (AvgIpc) is 2.18. The van der Waals surface area contributed by atoms with E-state index >= 15 is 0 Å². The van der Waals surface area contributed by atoms with Gasteiger partial charge in [0.2, 0.25) is 0 Å². The molecule has 1 unspecified atom stereocenters. The van der Waals surface area contributed by atoms with Gasteiger partial charge in [0.25, 0.3) is 0 Å². The molecule has 1 atom stereocenters. The van der Waals surface area contributed by atoms with E-state index in [1.165, 1.54) is 5.56 Å². The summed E-state index contributed by atoms with van der Waals surface area (Å²) >= 11 is 0. The molecule has 15 heavy (non-hydrogen) atoms. The molecule has 0 amide bonds. The molecule has 0 heterocycles. The van der Waals surface area contributed by atoms with Crippen LogP contribution in [0.1, 0.15) is 36.4 Å². The molecule has 2 rings (SSSR count). The molecule has 1 fully saturated rings. The third-order valence-corrected chi connectivity index (χ3v) is 3.50. The van der Waals surface area contributed by atoms with Crippen molar-refractivity contribution in [2.45, 2.75) is 32.2 Å². The van der Waals surface area contributed by atoms with Gasteiger partial charge in [-0.25, -0.2) is 0 Å². The van der Waals surface area contributed by atoms with Gasteiger partial charge in [-0.1, -0.05) is 36.2 Å². The topological polar surface area (TPSA) is 49.8 Å². The third kappa shape index (κ3) is 1.64. The largest absolute Gasteiger partial charge is 0.323 e. The van der Waals surface area contributed by atoms with E-state index in [4.69, 9.17) is 5.73 Å². The van der Waals surface area contributed by atoms with Crippen molar-refractivity contribution in [1.29, 1.82) is 5.26 Å². The van der Waals surface area contributed by atoms with Crippen LogP contribution >= 0.6 is 0 Å². The van der Waals surface area contributed by atoms with Crippen LogP contribution in [0.15, 0.2) is 24.3 Å². The Bertz CT molecular complexity index is 382. The van der Waals surface area contributed by atoms with Crippen LogP contribution in [0.5, 0.6) is 0 Å². The monoisotopic (exact) mass is 200 g/mol. The van der Waals surface area contributed by atoms with Crippen molar-refractivity contribution in [1.82, 2.24) is 0 Å². The van der Waals surface area contributed by atoms with Crippen LogP contribution in [0.25, 0.3) is 0 Å². The second-order valence-electron chi connectivity index (χ2n) is 4.51. The van der Waals surface area contributed by atoms with Gasteiger partial charge in [-0.2, -0.15) is 5.26 Å². The molecule has 1 aliphatic rings. The minimum Gasteiger partial charge on any atom is -0.323 e. The smallest absolute Gasteiger partial charge is 0.0766 e. The zero-order valence-corrected chi connectivity index (χ0v) is 9.03. The molecular weight excluding hydrogens is 184 g/mol. The molecule has 2 N–H and O–H groups in total. The van der Waals surface area contributed by atoms with Crippen molar-refractivity contribution in [2.75, 3.05) is 0 Å². The maximum atomic E-state index is 9.19. The van der Waals surface area contributed by atoms with Gasteiger partial charge in [0.15, 0.2) is 0 Å². The SMILES string of the molecule is Cc1ccc(C(N)C2(C#N)CCC2)cc1. The van der Waals surface area contributed by atoms with Crippen molar-refractivity contribution in [2.24, 2.45) is 11.1 Å². The summed E-state index contributed by atoms with van der Waals surface area (Å²) < 4.78 is 0. The maximum Gasteiger partial charge on any atom is 0.0766 e. The molecule has 0 radical (unpaired) electrons. The molecular formula is C13H16N2. The number of hydrogen-bond donors (Lipinski definition) is 1. The Labute approximate surface area is 90.7 Å². The van der Waals surface area contributed by atoms with E-state index in [2.05, 4.69) is 25.1 Å². The first-order valence-electron chi connectivity index (χ1n) is 5.41. The molecule has 1 aromatic rings. The minimum absolute atomic E-state index is 0.128. The van der Waals surface area contributed by atoms with E-state index in [9.17, 15) is 5.26 Å². The van der Waals surface area contributed by atoms with Crippen LogP contribution in [-0.4, -0.2) is 0 Å². The molecule has 1 aliphatic carbocycles. The van der Waals surface area contributed by atoms with Gasteiger partial charge >= 0.3 is 0 Å². The normalized spacial score (nSPS) is 20.1. The van der Waals surface area contributed by atoms with Crippen LogP contribution in [0.2, 0.25) is 0 Å². The summed E-state index contributed by atoms with van der Waals surface area (Å²) in [7, 11) is 0. The number of aryl methyl sites for hydroxylation is 1. The van der Waals surface area contributed by atoms with Crippen LogP contribution in [0.4, 0.5) is 0 Å². The fraction of sp³-hybridized carbons (Fsp3) is 0.462. The van der Waals surface area contributed by atoms with Gasteiger partial charge in [0, 0.05) is 6.04 Å². The van der Waals surface area contributed by atoms with Gasteiger partial charge in [0.1, 0.15) is 0 Å². The lowest BCUT2D eigenvalue weighted by molar-refractivity contribution is 0.169. The van der Waals surface area contributed by atoms with Gasteiger partial charge in [-0.3, -0.25) is 0 Å². The highest BCUT2D eigenvalue weighted by Crippen LogP contribution is 2.48. The first-order chi connectivity index (χ1) is 7.18. The number of nitrogens with zero attached hydrogens (tertiary/aromatic N) is 1. The molecule has 1 saturated carbocycles. The van der Waals surface area contributed by atoms with E-state index in [0.29, 0.717) is 0 Å². The Morgan fingerprint density at radius 2 is 1.93 bits per heavy atom. The summed E-state index contributed by atoms with van der Waals surface area (Å²) in [6, 6.07) is 10.5. The van der Waals surface area contributed by atoms with Gasteiger partial charge in [0.05, 0.1) is 11.5 Å². The third-order valence-electron chi connectivity index (χ3n) is 3.50. The molecule has 0 aromatic heterocycles. The maximum absolute atomic E-state index is 9.19. The van der Waals surface area contributed by atoms with Crippen LogP contribution in [0.3, 0.4) is 0 Å². The molecule has 1 aromatic carbocycles. The van der Waals surface area contributed by atoms with E-state index < -0.39 is 0 Å². The highest BCUT2D eigenvalue weighted by atomic mass is 14.7. The molecule has 2 heteroatoms. The summed E-state index contributed by atoms with van der Waals surface area (Å²) in [6.45, 7) is 2.05. The molecule has 0 bridgehead atoms. The number of nitrogens with two attached hydrogens (primary N) is 1. The molecule has 0 saturated heterocycles. The lowest BCUT2D eigenvalue weighted by atomic mass is 9.64. The van der Waals surface area contributed by atoms with E-state index in [0.717, 1.165) is 24.8 Å².